The maximum Gasteiger partial charge on any atom is 0.260 e. The van der Waals surface area contributed by atoms with E-state index in [-0.39, 0.29) is 5.91 Å². The van der Waals surface area contributed by atoms with Gasteiger partial charge in [0, 0.05) is 30.1 Å². The minimum Gasteiger partial charge on any atom is -0.283 e. The van der Waals surface area contributed by atoms with Crippen LogP contribution >= 0.6 is 11.3 Å². The zero-order valence-corrected chi connectivity index (χ0v) is 15.2. The summed E-state index contributed by atoms with van der Waals surface area (Å²) in [7, 11) is 0. The molecule has 1 aromatic carbocycles. The highest BCUT2D eigenvalue weighted by Crippen LogP contribution is 2.29. The highest BCUT2D eigenvalue weighted by atomic mass is 32.1. The molecule has 0 aliphatic rings. The Labute approximate surface area is 151 Å². The van der Waals surface area contributed by atoms with E-state index in [1.165, 1.54) is 11.3 Å². The number of unbranched alkanes of at least 4 members (excludes halogenated alkanes) is 1. The Morgan fingerprint density at radius 1 is 1.16 bits per heavy atom. The van der Waals surface area contributed by atoms with Gasteiger partial charge in [0.1, 0.15) is 0 Å². The predicted octanol–water partition coefficient (Wildman–Crippen LogP) is 4.36. The second-order valence-corrected chi connectivity index (χ2v) is 6.71. The van der Waals surface area contributed by atoms with Crippen molar-refractivity contribution in [3.8, 4) is 10.6 Å². The zero-order valence-electron chi connectivity index (χ0n) is 14.3. The molecule has 2 heterocycles. The summed E-state index contributed by atoms with van der Waals surface area (Å²) in [4.78, 5) is 18.9. The molecule has 0 saturated heterocycles. The minimum absolute atomic E-state index is 0.0274. The van der Waals surface area contributed by atoms with Crippen LogP contribution in [0.15, 0.2) is 48.8 Å². The van der Waals surface area contributed by atoms with Crippen LogP contribution in [0.3, 0.4) is 0 Å². The molecule has 0 bridgehead atoms. The lowest BCUT2D eigenvalue weighted by atomic mass is 10.1. The molecule has 3 aromatic rings. The number of rotatable bonds is 6. The summed E-state index contributed by atoms with van der Waals surface area (Å²) in [5.74, 6) is -0.0274. The van der Waals surface area contributed by atoms with Gasteiger partial charge >= 0.3 is 0 Å². The van der Waals surface area contributed by atoms with Gasteiger partial charge in [-0.3, -0.25) is 14.7 Å². The quantitative estimate of drug-likeness (QED) is 0.661. The number of carbonyl (C=O) groups excluding carboxylic acids is 1. The van der Waals surface area contributed by atoms with E-state index in [1.54, 1.807) is 17.3 Å². The van der Waals surface area contributed by atoms with Crippen LogP contribution in [0.25, 0.3) is 10.6 Å². The van der Waals surface area contributed by atoms with E-state index in [4.69, 9.17) is 0 Å². The molecule has 25 heavy (non-hydrogen) atoms. The number of carbonyl (C=O) groups is 1. The van der Waals surface area contributed by atoms with Gasteiger partial charge in [0.15, 0.2) is 5.01 Å². The van der Waals surface area contributed by atoms with E-state index in [0.29, 0.717) is 17.2 Å². The van der Waals surface area contributed by atoms with Gasteiger partial charge in [0.05, 0.1) is 0 Å². The molecule has 0 aliphatic carbocycles. The Hall–Kier alpha value is -2.60. The molecule has 0 saturated carbocycles. The number of aromatic nitrogens is 3. The molecule has 5 nitrogen and oxygen atoms in total. The summed E-state index contributed by atoms with van der Waals surface area (Å²) < 4.78 is 0. The molecule has 0 aliphatic heterocycles. The second-order valence-electron chi connectivity index (χ2n) is 5.76. The standard InChI is InChI=1S/C19H20N4OS/c1-3-4-12-23(18(24)16-10-6-5-8-14(16)2)19-22-21-17(25-19)15-9-7-11-20-13-15/h5-11,13H,3-4,12H2,1-2H3. The molecule has 0 spiro atoms. The average Bonchev–Trinajstić information content (AvgIpc) is 3.13. The zero-order chi connectivity index (χ0) is 17.6. The van der Waals surface area contributed by atoms with Gasteiger partial charge in [-0.05, 0) is 37.1 Å². The third kappa shape index (κ3) is 3.91. The first-order valence-electron chi connectivity index (χ1n) is 8.32. The Kier molecular flexibility index (Phi) is 5.50. The topological polar surface area (TPSA) is 59.0 Å². The highest BCUT2D eigenvalue weighted by molar-refractivity contribution is 7.18. The van der Waals surface area contributed by atoms with Crippen molar-refractivity contribution in [1.29, 1.82) is 0 Å². The molecule has 6 heteroatoms. The van der Waals surface area contributed by atoms with Gasteiger partial charge in [-0.2, -0.15) is 0 Å². The van der Waals surface area contributed by atoms with E-state index in [1.807, 2.05) is 43.3 Å². The maximum absolute atomic E-state index is 13.1. The van der Waals surface area contributed by atoms with Crippen molar-refractivity contribution < 1.29 is 4.79 Å². The molecule has 0 radical (unpaired) electrons. The summed E-state index contributed by atoms with van der Waals surface area (Å²) in [6.07, 6.45) is 5.40. The third-order valence-corrected chi connectivity index (χ3v) is 4.90. The van der Waals surface area contributed by atoms with Crippen LogP contribution in [0.4, 0.5) is 5.13 Å². The van der Waals surface area contributed by atoms with E-state index in [2.05, 4.69) is 22.1 Å². The predicted molar refractivity (Wildman–Crippen MR) is 101 cm³/mol. The number of aryl methyl sites for hydroxylation is 1. The first-order valence-corrected chi connectivity index (χ1v) is 9.13. The molecule has 2 aromatic heterocycles. The van der Waals surface area contributed by atoms with Crippen molar-refractivity contribution in [2.24, 2.45) is 0 Å². The number of hydrogen-bond donors (Lipinski definition) is 0. The van der Waals surface area contributed by atoms with Crippen LogP contribution in [0.2, 0.25) is 0 Å². The number of nitrogens with zero attached hydrogens (tertiary/aromatic N) is 4. The van der Waals surface area contributed by atoms with Crippen LogP contribution < -0.4 is 4.90 Å². The van der Waals surface area contributed by atoms with Gasteiger partial charge in [0.2, 0.25) is 5.13 Å². The fourth-order valence-electron chi connectivity index (χ4n) is 2.49. The Morgan fingerprint density at radius 3 is 2.72 bits per heavy atom. The Bertz CT molecular complexity index is 847. The molecular formula is C19H20N4OS. The number of benzene rings is 1. The van der Waals surface area contributed by atoms with E-state index >= 15 is 0 Å². The molecule has 0 N–H and O–H groups in total. The Morgan fingerprint density at radius 2 is 2.00 bits per heavy atom. The molecule has 3 rings (SSSR count). The lowest BCUT2D eigenvalue weighted by molar-refractivity contribution is 0.0986. The van der Waals surface area contributed by atoms with Crippen LogP contribution in [0, 0.1) is 6.92 Å². The van der Waals surface area contributed by atoms with Crippen LogP contribution in [0.1, 0.15) is 35.7 Å². The molecule has 0 unspecified atom stereocenters. The SMILES string of the molecule is CCCCN(C(=O)c1ccccc1C)c1nnc(-c2cccnc2)s1. The number of hydrogen-bond acceptors (Lipinski definition) is 5. The van der Waals surface area contributed by atoms with Crippen molar-refractivity contribution in [1.82, 2.24) is 15.2 Å². The summed E-state index contributed by atoms with van der Waals surface area (Å²) in [6.45, 7) is 4.69. The smallest absolute Gasteiger partial charge is 0.260 e. The van der Waals surface area contributed by atoms with E-state index < -0.39 is 0 Å². The lowest BCUT2D eigenvalue weighted by Gasteiger charge is -2.20. The molecule has 1 amide bonds. The molecular weight excluding hydrogens is 332 g/mol. The first kappa shape index (κ1) is 17.2. The average molecular weight is 352 g/mol. The highest BCUT2D eigenvalue weighted by Gasteiger charge is 2.22. The van der Waals surface area contributed by atoms with Crippen molar-refractivity contribution in [2.45, 2.75) is 26.7 Å². The number of pyridine rings is 1. The maximum atomic E-state index is 13.1. The molecule has 0 fully saturated rings. The summed E-state index contributed by atoms with van der Waals surface area (Å²) in [5, 5.41) is 9.91. The second kappa shape index (κ2) is 7.98. The lowest BCUT2D eigenvalue weighted by Crippen LogP contribution is -2.32. The van der Waals surface area contributed by atoms with Gasteiger partial charge < -0.3 is 0 Å². The van der Waals surface area contributed by atoms with E-state index in [0.717, 1.165) is 29.0 Å². The Balaban J connectivity index is 1.92. The van der Waals surface area contributed by atoms with Crippen molar-refractivity contribution >= 4 is 22.4 Å². The largest absolute Gasteiger partial charge is 0.283 e. The number of anilines is 1. The number of amides is 1. The summed E-state index contributed by atoms with van der Waals surface area (Å²) in [5.41, 5.74) is 2.58. The van der Waals surface area contributed by atoms with Gasteiger partial charge in [-0.15, -0.1) is 10.2 Å². The van der Waals surface area contributed by atoms with Gasteiger partial charge in [-0.25, -0.2) is 0 Å². The van der Waals surface area contributed by atoms with Crippen LogP contribution in [-0.4, -0.2) is 27.6 Å². The molecule has 128 valence electrons. The van der Waals surface area contributed by atoms with Gasteiger partial charge in [-0.1, -0.05) is 42.9 Å². The van der Waals surface area contributed by atoms with Crippen LogP contribution in [-0.2, 0) is 0 Å². The van der Waals surface area contributed by atoms with E-state index in [9.17, 15) is 4.79 Å². The van der Waals surface area contributed by atoms with Gasteiger partial charge in [0.25, 0.3) is 5.91 Å². The first-order chi connectivity index (χ1) is 12.2. The fourth-order valence-corrected chi connectivity index (χ4v) is 3.35. The van der Waals surface area contributed by atoms with Crippen LogP contribution in [0.5, 0.6) is 0 Å². The monoisotopic (exact) mass is 352 g/mol. The minimum atomic E-state index is -0.0274. The normalized spacial score (nSPS) is 10.6. The fraction of sp³-hybridized carbons (Fsp3) is 0.263. The third-order valence-electron chi connectivity index (χ3n) is 3.91. The molecule has 0 atom stereocenters. The van der Waals surface area contributed by atoms with Crippen molar-refractivity contribution in [3.63, 3.8) is 0 Å². The van der Waals surface area contributed by atoms with Crippen molar-refractivity contribution in [3.05, 3.63) is 59.9 Å². The summed E-state index contributed by atoms with van der Waals surface area (Å²) >= 11 is 1.42. The van der Waals surface area contributed by atoms with Crippen molar-refractivity contribution in [2.75, 3.05) is 11.4 Å². The summed E-state index contributed by atoms with van der Waals surface area (Å²) in [6, 6.07) is 11.4.